The molecule has 1 rings (SSSR count). The third-order valence-corrected chi connectivity index (χ3v) is 5.05. The number of hydrogen-bond donors (Lipinski definition) is 1. The van der Waals surface area contributed by atoms with Gasteiger partial charge in [0.05, 0.1) is 5.41 Å². The molecular formula is C15H30N2O. The molecular weight excluding hydrogens is 224 g/mol. The Morgan fingerprint density at radius 3 is 2.11 bits per heavy atom. The van der Waals surface area contributed by atoms with Crippen LogP contribution in [0.3, 0.4) is 0 Å². The van der Waals surface area contributed by atoms with Crippen molar-refractivity contribution in [2.24, 2.45) is 17.1 Å². The summed E-state index contributed by atoms with van der Waals surface area (Å²) in [6.07, 6.45) is 6.47. The van der Waals surface area contributed by atoms with E-state index >= 15 is 0 Å². The van der Waals surface area contributed by atoms with Crippen LogP contribution in [0.4, 0.5) is 0 Å². The highest BCUT2D eigenvalue weighted by molar-refractivity contribution is 5.83. The molecule has 0 unspecified atom stereocenters. The average molecular weight is 254 g/mol. The maximum Gasteiger partial charge on any atom is 0.230 e. The van der Waals surface area contributed by atoms with Crippen molar-refractivity contribution in [2.75, 3.05) is 13.6 Å². The minimum absolute atomic E-state index is 0.259. The third kappa shape index (κ3) is 3.05. The quantitative estimate of drug-likeness (QED) is 0.820. The largest absolute Gasteiger partial charge is 0.342 e. The molecule has 18 heavy (non-hydrogen) atoms. The van der Waals surface area contributed by atoms with Gasteiger partial charge in [-0.15, -0.1) is 0 Å². The van der Waals surface area contributed by atoms with E-state index in [4.69, 9.17) is 5.73 Å². The maximum absolute atomic E-state index is 12.7. The Kier molecular flexibility index (Phi) is 5.64. The summed E-state index contributed by atoms with van der Waals surface area (Å²) in [6, 6.07) is 0.428. The molecule has 0 radical (unpaired) electrons. The van der Waals surface area contributed by atoms with E-state index in [1.165, 1.54) is 12.8 Å². The summed E-state index contributed by atoms with van der Waals surface area (Å²) in [5.74, 6) is 1.08. The highest BCUT2D eigenvalue weighted by Crippen LogP contribution is 2.32. The Balaban J connectivity index is 2.70. The molecule has 1 aliphatic carbocycles. The second kappa shape index (κ2) is 6.55. The van der Waals surface area contributed by atoms with Crippen molar-refractivity contribution in [2.45, 2.75) is 65.3 Å². The Morgan fingerprint density at radius 2 is 1.72 bits per heavy atom. The lowest BCUT2D eigenvalue weighted by molar-refractivity contribution is -0.143. The molecule has 106 valence electrons. The van der Waals surface area contributed by atoms with Crippen LogP contribution < -0.4 is 5.73 Å². The minimum Gasteiger partial charge on any atom is -0.342 e. The summed E-state index contributed by atoms with van der Waals surface area (Å²) in [6.45, 7) is 6.92. The Hall–Kier alpha value is -0.570. The van der Waals surface area contributed by atoms with Crippen LogP contribution in [0.1, 0.15) is 59.3 Å². The summed E-state index contributed by atoms with van der Waals surface area (Å²) in [5.41, 5.74) is 5.54. The number of rotatable bonds is 5. The van der Waals surface area contributed by atoms with Gasteiger partial charge < -0.3 is 10.6 Å². The van der Waals surface area contributed by atoms with Crippen molar-refractivity contribution in [1.29, 1.82) is 0 Å². The monoisotopic (exact) mass is 254 g/mol. The molecule has 3 heteroatoms. The van der Waals surface area contributed by atoms with Gasteiger partial charge in [-0.05, 0) is 44.4 Å². The van der Waals surface area contributed by atoms with E-state index in [0.29, 0.717) is 12.6 Å². The molecule has 0 spiro atoms. The Morgan fingerprint density at radius 1 is 1.22 bits per heavy atom. The first kappa shape index (κ1) is 15.5. The molecule has 1 aliphatic rings. The highest BCUT2D eigenvalue weighted by atomic mass is 16.2. The molecule has 0 atom stereocenters. The molecule has 0 saturated heterocycles. The van der Waals surface area contributed by atoms with E-state index in [9.17, 15) is 4.79 Å². The van der Waals surface area contributed by atoms with Crippen molar-refractivity contribution in [3.8, 4) is 0 Å². The van der Waals surface area contributed by atoms with E-state index in [-0.39, 0.29) is 11.3 Å². The number of amides is 1. The van der Waals surface area contributed by atoms with Gasteiger partial charge in [0.15, 0.2) is 0 Å². The zero-order valence-corrected chi connectivity index (χ0v) is 12.5. The average Bonchev–Trinajstić information content (AvgIpc) is 2.41. The molecule has 0 aromatic heterocycles. The SMILES string of the molecule is CCC(CC)(CN)C(=O)N(C)C1CCC(C)CC1. The first-order valence-corrected chi connectivity index (χ1v) is 7.48. The lowest BCUT2D eigenvalue weighted by Gasteiger charge is -2.39. The second-order valence-corrected chi connectivity index (χ2v) is 6.02. The number of nitrogens with two attached hydrogens (primary N) is 1. The molecule has 0 heterocycles. The Labute approximate surface area is 112 Å². The van der Waals surface area contributed by atoms with Crippen LogP contribution in [0.2, 0.25) is 0 Å². The van der Waals surface area contributed by atoms with Gasteiger partial charge >= 0.3 is 0 Å². The van der Waals surface area contributed by atoms with Crippen LogP contribution in [-0.2, 0) is 4.79 Å². The van der Waals surface area contributed by atoms with Crippen molar-refractivity contribution >= 4 is 5.91 Å². The van der Waals surface area contributed by atoms with Crippen LogP contribution in [0.15, 0.2) is 0 Å². The number of carbonyl (C=O) groups is 1. The molecule has 3 nitrogen and oxygen atoms in total. The van der Waals surface area contributed by atoms with Crippen molar-refractivity contribution in [1.82, 2.24) is 4.90 Å². The molecule has 0 aromatic carbocycles. The van der Waals surface area contributed by atoms with Crippen molar-refractivity contribution in [3.05, 3.63) is 0 Å². The van der Waals surface area contributed by atoms with Crippen LogP contribution in [0.5, 0.6) is 0 Å². The molecule has 2 N–H and O–H groups in total. The van der Waals surface area contributed by atoms with Gasteiger partial charge in [-0.1, -0.05) is 20.8 Å². The fourth-order valence-electron chi connectivity index (χ4n) is 3.10. The lowest BCUT2D eigenvalue weighted by atomic mass is 9.79. The van der Waals surface area contributed by atoms with E-state index in [1.54, 1.807) is 0 Å². The zero-order chi connectivity index (χ0) is 13.8. The summed E-state index contributed by atoms with van der Waals surface area (Å²) >= 11 is 0. The van der Waals surface area contributed by atoms with Gasteiger partial charge in [0.25, 0.3) is 0 Å². The Bertz CT molecular complexity index is 257. The van der Waals surface area contributed by atoms with Gasteiger partial charge in [-0.25, -0.2) is 0 Å². The first-order chi connectivity index (χ1) is 8.50. The number of hydrogen-bond acceptors (Lipinski definition) is 2. The standard InChI is InChI=1S/C15H30N2O/c1-5-15(6-2,11-16)14(18)17(4)13-9-7-12(3)8-10-13/h12-13H,5-11,16H2,1-4H3. The van der Waals surface area contributed by atoms with Gasteiger partial charge in [0.1, 0.15) is 0 Å². The first-order valence-electron chi connectivity index (χ1n) is 7.48. The summed E-state index contributed by atoms with van der Waals surface area (Å²) in [7, 11) is 1.97. The van der Waals surface area contributed by atoms with Crippen molar-refractivity contribution < 1.29 is 4.79 Å². The molecule has 0 bridgehead atoms. The fraction of sp³-hybridized carbons (Fsp3) is 0.933. The van der Waals surface area contributed by atoms with E-state index in [2.05, 4.69) is 20.8 Å². The zero-order valence-electron chi connectivity index (χ0n) is 12.5. The predicted molar refractivity (Wildman–Crippen MR) is 76.3 cm³/mol. The highest BCUT2D eigenvalue weighted by Gasteiger charge is 2.38. The van der Waals surface area contributed by atoms with E-state index < -0.39 is 0 Å². The predicted octanol–water partition coefficient (Wildman–Crippen LogP) is 2.79. The van der Waals surface area contributed by atoms with Gasteiger partial charge in [-0.2, -0.15) is 0 Å². The smallest absolute Gasteiger partial charge is 0.230 e. The minimum atomic E-state index is -0.336. The fourth-order valence-corrected chi connectivity index (χ4v) is 3.10. The second-order valence-electron chi connectivity index (χ2n) is 6.02. The normalized spacial score (nSPS) is 24.9. The molecule has 0 aliphatic heterocycles. The summed E-state index contributed by atoms with van der Waals surface area (Å²) < 4.78 is 0. The molecule has 1 amide bonds. The molecule has 1 fully saturated rings. The third-order valence-electron chi connectivity index (χ3n) is 5.05. The van der Waals surface area contributed by atoms with E-state index in [1.807, 2.05) is 11.9 Å². The molecule has 1 saturated carbocycles. The number of carbonyl (C=O) groups excluding carboxylic acids is 1. The molecule has 0 aromatic rings. The van der Waals surface area contributed by atoms with Crippen molar-refractivity contribution in [3.63, 3.8) is 0 Å². The summed E-state index contributed by atoms with van der Waals surface area (Å²) in [4.78, 5) is 14.7. The van der Waals surface area contributed by atoms with Crippen LogP contribution in [-0.4, -0.2) is 30.4 Å². The van der Waals surface area contributed by atoms with Crippen LogP contribution >= 0.6 is 0 Å². The van der Waals surface area contributed by atoms with Crippen LogP contribution in [0.25, 0.3) is 0 Å². The van der Waals surface area contributed by atoms with Gasteiger partial charge in [0.2, 0.25) is 5.91 Å². The van der Waals surface area contributed by atoms with E-state index in [0.717, 1.165) is 31.6 Å². The number of nitrogens with zero attached hydrogens (tertiary/aromatic N) is 1. The topological polar surface area (TPSA) is 46.3 Å². The maximum atomic E-state index is 12.7. The van der Waals surface area contributed by atoms with Crippen LogP contribution in [0, 0.1) is 11.3 Å². The lowest BCUT2D eigenvalue weighted by Crippen LogP contribution is -2.50. The van der Waals surface area contributed by atoms with Gasteiger partial charge in [0, 0.05) is 19.6 Å². The summed E-state index contributed by atoms with van der Waals surface area (Å²) in [5, 5.41) is 0. The van der Waals surface area contributed by atoms with Gasteiger partial charge in [-0.3, -0.25) is 4.79 Å².